The van der Waals surface area contributed by atoms with Gasteiger partial charge < -0.3 is 9.47 Å². The highest BCUT2D eigenvalue weighted by atomic mass is 35.5. The molecule has 194 valence electrons. The minimum atomic E-state index is -1.85. The third-order valence-electron chi connectivity index (χ3n) is 5.68. The van der Waals surface area contributed by atoms with Crippen LogP contribution in [0.1, 0.15) is 0 Å². The van der Waals surface area contributed by atoms with Gasteiger partial charge in [-0.15, -0.1) is 0 Å². The molecule has 12 heteroatoms. The molecule has 38 heavy (non-hydrogen) atoms. The number of rotatable bonds is 8. The van der Waals surface area contributed by atoms with Crippen LogP contribution in [-0.2, 0) is 10.8 Å². The van der Waals surface area contributed by atoms with Crippen molar-refractivity contribution in [3.05, 3.63) is 103 Å². The summed E-state index contributed by atoms with van der Waals surface area (Å²) in [5, 5.41) is 22.9. The molecule has 0 saturated heterocycles. The Hall–Kier alpha value is -3.99. The van der Waals surface area contributed by atoms with Crippen LogP contribution in [0.15, 0.2) is 82.6 Å². The second-order valence-corrected chi connectivity index (χ2v) is 10.1. The van der Waals surface area contributed by atoms with Gasteiger partial charge in [0.2, 0.25) is 0 Å². The van der Waals surface area contributed by atoms with Crippen molar-refractivity contribution >= 4 is 45.4 Å². The predicted octanol–water partition coefficient (Wildman–Crippen LogP) is 7.33. The second kappa shape index (κ2) is 11.2. The first-order valence-electron chi connectivity index (χ1n) is 10.8. The molecule has 0 unspecified atom stereocenters. The number of nitro groups is 2. The SMILES string of the molecule is COc1ccc(S(=O)c2ccc(OC)cc2-c2ccc(Cl)c([N+](=O)[O-])c2)c(-c2ccc(Cl)c([N+](=O)[O-])c2)c1. The zero-order chi connectivity index (χ0) is 27.6. The Morgan fingerprint density at radius 1 is 0.658 bits per heavy atom. The highest BCUT2D eigenvalue weighted by Crippen LogP contribution is 2.40. The first-order chi connectivity index (χ1) is 18.1. The van der Waals surface area contributed by atoms with Gasteiger partial charge in [0.05, 0.1) is 44.7 Å². The van der Waals surface area contributed by atoms with Crippen molar-refractivity contribution in [2.75, 3.05) is 14.2 Å². The lowest BCUT2D eigenvalue weighted by Crippen LogP contribution is -2.01. The predicted molar refractivity (Wildman–Crippen MR) is 145 cm³/mol. The van der Waals surface area contributed by atoms with E-state index in [0.717, 1.165) is 0 Å². The third-order valence-corrected chi connectivity index (χ3v) is 7.83. The number of hydrogen-bond donors (Lipinski definition) is 0. The van der Waals surface area contributed by atoms with E-state index in [1.54, 1.807) is 48.5 Å². The van der Waals surface area contributed by atoms with Crippen LogP contribution in [-0.4, -0.2) is 28.3 Å². The van der Waals surface area contributed by atoms with Gasteiger partial charge in [-0.05, 0) is 59.7 Å². The minimum absolute atomic E-state index is 0.0360. The molecule has 9 nitrogen and oxygen atoms in total. The molecule has 4 aromatic carbocycles. The molecule has 0 bridgehead atoms. The second-order valence-electron chi connectivity index (χ2n) is 7.84. The van der Waals surface area contributed by atoms with E-state index in [0.29, 0.717) is 43.5 Å². The van der Waals surface area contributed by atoms with E-state index in [1.807, 2.05) is 0 Å². The van der Waals surface area contributed by atoms with E-state index in [1.165, 1.54) is 38.5 Å². The van der Waals surface area contributed by atoms with Gasteiger partial charge in [-0.3, -0.25) is 20.2 Å². The molecule has 4 aromatic rings. The monoisotopic (exact) mass is 572 g/mol. The van der Waals surface area contributed by atoms with E-state index >= 15 is 0 Å². The van der Waals surface area contributed by atoms with Gasteiger partial charge in [-0.2, -0.15) is 0 Å². The molecular weight excluding hydrogens is 555 g/mol. The fourth-order valence-electron chi connectivity index (χ4n) is 3.81. The van der Waals surface area contributed by atoms with E-state index < -0.39 is 20.6 Å². The van der Waals surface area contributed by atoms with Crippen molar-refractivity contribution < 1.29 is 23.5 Å². The van der Waals surface area contributed by atoms with Crippen LogP contribution in [0.25, 0.3) is 22.3 Å². The van der Waals surface area contributed by atoms with Crippen molar-refractivity contribution in [3.8, 4) is 33.8 Å². The number of nitrogens with zero attached hydrogens (tertiary/aromatic N) is 2. The van der Waals surface area contributed by atoms with Gasteiger partial charge in [-0.25, -0.2) is 4.21 Å². The molecule has 0 atom stereocenters. The number of halogens is 2. The summed E-state index contributed by atoms with van der Waals surface area (Å²) < 4.78 is 24.8. The van der Waals surface area contributed by atoms with Crippen LogP contribution >= 0.6 is 23.2 Å². The van der Waals surface area contributed by atoms with Crippen molar-refractivity contribution in [1.82, 2.24) is 0 Å². The number of hydrogen-bond acceptors (Lipinski definition) is 7. The standard InChI is InChI=1S/C26H18Cl2N2O7S/c1-36-17-5-9-25(19(13-17)15-3-7-21(27)23(11-15)29(31)32)38(35)26-10-6-18(37-2)14-20(26)16-4-8-22(28)24(12-16)30(33)34/h3-14H,1-2H3. The summed E-state index contributed by atoms with van der Waals surface area (Å²) in [6, 6.07) is 18.3. The van der Waals surface area contributed by atoms with Gasteiger partial charge in [-0.1, -0.05) is 35.3 Å². The molecule has 0 radical (unpaired) electrons. The number of ether oxygens (including phenoxy) is 2. The quantitative estimate of drug-likeness (QED) is 0.160. The zero-order valence-corrected chi connectivity index (χ0v) is 22.2. The van der Waals surface area contributed by atoms with Crippen molar-refractivity contribution in [3.63, 3.8) is 0 Å². The maximum Gasteiger partial charge on any atom is 0.288 e. The average Bonchev–Trinajstić information content (AvgIpc) is 2.92. The molecule has 0 aliphatic rings. The molecule has 0 aromatic heterocycles. The molecule has 4 rings (SSSR count). The highest BCUT2D eigenvalue weighted by molar-refractivity contribution is 7.85. The van der Waals surface area contributed by atoms with Crippen LogP contribution in [0.2, 0.25) is 10.0 Å². The Kier molecular flexibility index (Phi) is 7.96. The maximum absolute atomic E-state index is 14.1. The third kappa shape index (κ3) is 5.33. The summed E-state index contributed by atoms with van der Waals surface area (Å²) in [7, 11) is 1.08. The van der Waals surface area contributed by atoms with Gasteiger partial charge >= 0.3 is 0 Å². The summed E-state index contributed by atoms with van der Waals surface area (Å²) >= 11 is 12.0. The van der Waals surface area contributed by atoms with Crippen molar-refractivity contribution in [1.29, 1.82) is 0 Å². The van der Waals surface area contributed by atoms with Gasteiger partial charge in [0.1, 0.15) is 21.5 Å². The van der Waals surface area contributed by atoms with E-state index in [4.69, 9.17) is 32.7 Å². The van der Waals surface area contributed by atoms with E-state index in [9.17, 15) is 24.4 Å². The lowest BCUT2D eigenvalue weighted by Gasteiger charge is -2.15. The summed E-state index contributed by atoms with van der Waals surface area (Å²) in [5.74, 6) is 0.892. The Balaban J connectivity index is 1.93. The summed E-state index contributed by atoms with van der Waals surface area (Å²) in [5.41, 5.74) is 1.04. The van der Waals surface area contributed by atoms with Gasteiger partial charge in [0, 0.05) is 23.3 Å². The Labute approximate surface area is 229 Å². The summed E-state index contributed by atoms with van der Waals surface area (Å²) in [6.45, 7) is 0. The van der Waals surface area contributed by atoms with Crippen LogP contribution < -0.4 is 9.47 Å². The molecule has 0 N–H and O–H groups in total. The van der Waals surface area contributed by atoms with Crippen LogP contribution in [0.5, 0.6) is 11.5 Å². The highest BCUT2D eigenvalue weighted by Gasteiger charge is 2.23. The Morgan fingerprint density at radius 2 is 1.05 bits per heavy atom. The molecule has 0 fully saturated rings. The Morgan fingerprint density at radius 3 is 1.39 bits per heavy atom. The Bertz CT molecular complexity index is 1490. The minimum Gasteiger partial charge on any atom is -0.497 e. The largest absolute Gasteiger partial charge is 0.497 e. The van der Waals surface area contributed by atoms with Crippen LogP contribution in [0.3, 0.4) is 0 Å². The average molecular weight is 573 g/mol. The normalized spacial score (nSPS) is 10.9. The van der Waals surface area contributed by atoms with Crippen molar-refractivity contribution in [2.24, 2.45) is 0 Å². The molecule has 0 amide bonds. The van der Waals surface area contributed by atoms with E-state index in [2.05, 4.69) is 0 Å². The first kappa shape index (κ1) is 27.1. The van der Waals surface area contributed by atoms with Crippen LogP contribution in [0.4, 0.5) is 11.4 Å². The molecule has 0 aliphatic carbocycles. The molecule has 0 spiro atoms. The molecule has 0 heterocycles. The maximum atomic E-state index is 14.1. The lowest BCUT2D eigenvalue weighted by molar-refractivity contribution is -0.384. The fourth-order valence-corrected chi connectivity index (χ4v) is 5.55. The molecule has 0 saturated carbocycles. The topological polar surface area (TPSA) is 122 Å². The van der Waals surface area contributed by atoms with E-state index in [-0.39, 0.29) is 21.4 Å². The van der Waals surface area contributed by atoms with Crippen LogP contribution in [0, 0.1) is 20.2 Å². The lowest BCUT2D eigenvalue weighted by atomic mass is 10.0. The number of benzene rings is 4. The molecular formula is C26H18Cl2N2O7S. The zero-order valence-electron chi connectivity index (χ0n) is 19.8. The fraction of sp³-hybridized carbons (Fsp3) is 0.0769. The smallest absolute Gasteiger partial charge is 0.288 e. The first-order valence-corrected chi connectivity index (χ1v) is 12.7. The summed E-state index contributed by atoms with van der Waals surface area (Å²) in [4.78, 5) is 22.5. The van der Waals surface area contributed by atoms with Gasteiger partial charge in [0.25, 0.3) is 11.4 Å². The molecule has 0 aliphatic heterocycles. The number of nitro benzene ring substituents is 2. The van der Waals surface area contributed by atoms with Gasteiger partial charge in [0.15, 0.2) is 0 Å². The summed E-state index contributed by atoms with van der Waals surface area (Å²) in [6.07, 6.45) is 0. The van der Waals surface area contributed by atoms with Crippen molar-refractivity contribution in [2.45, 2.75) is 9.79 Å². The number of methoxy groups -OCH3 is 2.